The van der Waals surface area contributed by atoms with E-state index >= 15 is 0 Å². The van der Waals surface area contributed by atoms with Crippen molar-refractivity contribution in [2.45, 2.75) is 19.4 Å². The molecular weight excluding hydrogens is 192 g/mol. The van der Waals surface area contributed by atoms with Crippen molar-refractivity contribution in [2.75, 3.05) is 25.6 Å². The third-order valence-corrected chi connectivity index (χ3v) is 1.49. The molecule has 0 bridgehead atoms. The number of carbonyl (C=O) groups is 1. The van der Waals surface area contributed by atoms with Gasteiger partial charge in [-0.3, -0.25) is 4.79 Å². The van der Waals surface area contributed by atoms with Gasteiger partial charge in [-0.1, -0.05) is 0 Å². The molecule has 78 valence electrons. The monoisotopic (exact) mass is 208 g/mol. The zero-order chi connectivity index (χ0) is 10.1. The fourth-order valence-corrected chi connectivity index (χ4v) is 0.837. The fraction of sp³-hybridized carbons (Fsp3) is 0.875. The highest BCUT2D eigenvalue weighted by molar-refractivity contribution is 7.80. The molecule has 5 heteroatoms. The van der Waals surface area contributed by atoms with Gasteiger partial charge in [0.2, 0.25) is 0 Å². The Morgan fingerprint density at radius 3 is 2.77 bits per heavy atom. The smallest absolute Gasteiger partial charge is 0.306 e. The van der Waals surface area contributed by atoms with Crippen LogP contribution in [0.3, 0.4) is 0 Å². The summed E-state index contributed by atoms with van der Waals surface area (Å²) < 4.78 is 9.65. The molecule has 0 saturated heterocycles. The fourth-order valence-electron chi connectivity index (χ4n) is 0.655. The second-order valence-electron chi connectivity index (χ2n) is 2.47. The molecule has 0 aromatic heterocycles. The first kappa shape index (κ1) is 12.7. The van der Waals surface area contributed by atoms with Crippen molar-refractivity contribution in [3.05, 3.63) is 0 Å². The van der Waals surface area contributed by atoms with Gasteiger partial charge in [-0.15, -0.1) is 0 Å². The summed E-state index contributed by atoms with van der Waals surface area (Å²) in [5.74, 6) is 0.117. The molecule has 0 rings (SSSR count). The number of rotatable bonds is 7. The van der Waals surface area contributed by atoms with Crippen molar-refractivity contribution in [3.8, 4) is 0 Å². The highest BCUT2D eigenvalue weighted by atomic mass is 32.1. The normalized spacial score (nSPS) is 12.5. The van der Waals surface area contributed by atoms with E-state index in [1.807, 2.05) is 6.92 Å². The maximum absolute atomic E-state index is 10.8. The molecule has 4 nitrogen and oxygen atoms in total. The largest absolute Gasteiger partial charge is 0.463 e. The summed E-state index contributed by atoms with van der Waals surface area (Å²) in [5, 5.41) is 9.18. The number of hydrogen-bond donors (Lipinski definition) is 2. The molecule has 13 heavy (non-hydrogen) atoms. The maximum atomic E-state index is 10.8. The quantitative estimate of drug-likeness (QED) is 0.465. The summed E-state index contributed by atoms with van der Waals surface area (Å²) >= 11 is 3.87. The molecule has 0 radical (unpaired) electrons. The van der Waals surface area contributed by atoms with Gasteiger partial charge in [0.15, 0.2) is 0 Å². The van der Waals surface area contributed by atoms with Gasteiger partial charge >= 0.3 is 5.97 Å². The van der Waals surface area contributed by atoms with Crippen molar-refractivity contribution < 1.29 is 19.4 Å². The molecule has 0 heterocycles. The van der Waals surface area contributed by atoms with Crippen molar-refractivity contribution >= 4 is 18.6 Å². The van der Waals surface area contributed by atoms with Crippen LogP contribution >= 0.6 is 12.6 Å². The zero-order valence-corrected chi connectivity index (χ0v) is 8.63. The number of aliphatic hydroxyl groups is 1. The van der Waals surface area contributed by atoms with Crippen LogP contribution < -0.4 is 0 Å². The average molecular weight is 208 g/mol. The molecule has 1 N–H and O–H groups in total. The lowest BCUT2D eigenvalue weighted by atomic mass is 10.4. The predicted octanol–water partition coefficient (Wildman–Crippen LogP) is 0.247. The third-order valence-electron chi connectivity index (χ3n) is 1.27. The lowest BCUT2D eigenvalue weighted by molar-refractivity contribution is -0.147. The highest BCUT2D eigenvalue weighted by Crippen LogP contribution is 1.92. The number of hydrogen-bond acceptors (Lipinski definition) is 5. The second-order valence-corrected chi connectivity index (χ2v) is 2.92. The van der Waals surface area contributed by atoms with E-state index in [2.05, 4.69) is 12.6 Å². The molecular formula is C8H16O4S. The molecule has 0 aliphatic rings. The molecule has 0 amide bonds. The molecule has 1 atom stereocenters. The van der Waals surface area contributed by atoms with Crippen molar-refractivity contribution in [1.29, 1.82) is 0 Å². The van der Waals surface area contributed by atoms with E-state index in [0.29, 0.717) is 12.4 Å². The number of aliphatic hydroxyl groups excluding tert-OH is 1. The van der Waals surface area contributed by atoms with Crippen LogP contribution in [0.2, 0.25) is 0 Å². The minimum atomic E-state index is -0.733. The molecule has 0 saturated carbocycles. The molecule has 0 aliphatic heterocycles. The Bertz CT molecular complexity index is 140. The van der Waals surface area contributed by atoms with E-state index < -0.39 is 6.10 Å². The minimum absolute atomic E-state index is 0.00733. The Balaban J connectivity index is 3.34. The minimum Gasteiger partial charge on any atom is -0.463 e. The summed E-state index contributed by atoms with van der Waals surface area (Å²) in [6.45, 7) is 2.57. The van der Waals surface area contributed by atoms with Crippen molar-refractivity contribution in [2.24, 2.45) is 0 Å². The first-order chi connectivity index (χ1) is 6.20. The number of carbonyl (C=O) groups excluding carboxylic acids is 1. The van der Waals surface area contributed by atoms with Crippen LogP contribution in [0.4, 0.5) is 0 Å². The molecule has 0 spiro atoms. The zero-order valence-electron chi connectivity index (χ0n) is 7.73. The van der Waals surface area contributed by atoms with E-state index in [1.54, 1.807) is 0 Å². The average Bonchev–Trinajstić information content (AvgIpc) is 2.12. The Labute approximate surface area is 83.6 Å². The number of ether oxygens (including phenoxy) is 2. The first-order valence-corrected chi connectivity index (χ1v) is 4.86. The lowest BCUT2D eigenvalue weighted by Gasteiger charge is -2.10. The number of esters is 1. The van der Waals surface area contributed by atoms with E-state index in [0.717, 1.165) is 0 Å². The van der Waals surface area contributed by atoms with Crippen LogP contribution in [0.15, 0.2) is 0 Å². The predicted molar refractivity (Wildman–Crippen MR) is 51.9 cm³/mol. The molecule has 1 unspecified atom stereocenters. The summed E-state index contributed by atoms with van der Waals surface area (Å²) in [7, 11) is 0. The summed E-state index contributed by atoms with van der Waals surface area (Å²) in [4.78, 5) is 10.8. The van der Waals surface area contributed by atoms with Gasteiger partial charge < -0.3 is 14.6 Å². The Morgan fingerprint density at radius 2 is 2.23 bits per heavy atom. The molecule has 0 aromatic rings. The van der Waals surface area contributed by atoms with Gasteiger partial charge in [-0.05, 0) is 6.92 Å². The standard InChI is InChI=1S/C8H16O4S/c1-2-11-5-7(9)6-12-8(10)3-4-13/h7,9,13H,2-6H2,1H3. The van der Waals surface area contributed by atoms with Crippen LogP contribution in [0.25, 0.3) is 0 Å². The van der Waals surface area contributed by atoms with Crippen LogP contribution in [0, 0.1) is 0 Å². The third kappa shape index (κ3) is 8.08. The van der Waals surface area contributed by atoms with Gasteiger partial charge in [0.1, 0.15) is 12.7 Å². The van der Waals surface area contributed by atoms with E-state index in [4.69, 9.17) is 9.47 Å². The van der Waals surface area contributed by atoms with Gasteiger partial charge in [-0.2, -0.15) is 12.6 Å². The first-order valence-electron chi connectivity index (χ1n) is 4.23. The Hall–Kier alpha value is -0.260. The molecule has 0 fully saturated rings. The lowest BCUT2D eigenvalue weighted by Crippen LogP contribution is -2.23. The summed E-state index contributed by atoms with van der Waals surface area (Å²) in [6.07, 6.45) is -0.464. The summed E-state index contributed by atoms with van der Waals surface area (Å²) in [6, 6.07) is 0. The van der Waals surface area contributed by atoms with E-state index in [9.17, 15) is 9.90 Å². The molecule has 0 aromatic carbocycles. The SMILES string of the molecule is CCOCC(O)COC(=O)CCS. The van der Waals surface area contributed by atoms with Crippen LogP contribution in [0.5, 0.6) is 0 Å². The van der Waals surface area contributed by atoms with Crippen LogP contribution in [-0.4, -0.2) is 42.8 Å². The van der Waals surface area contributed by atoms with Crippen molar-refractivity contribution in [1.82, 2.24) is 0 Å². The second kappa shape index (κ2) is 8.34. The van der Waals surface area contributed by atoms with Gasteiger partial charge in [0.25, 0.3) is 0 Å². The Kier molecular flexibility index (Phi) is 8.18. The highest BCUT2D eigenvalue weighted by Gasteiger charge is 2.07. The number of thiol groups is 1. The van der Waals surface area contributed by atoms with Gasteiger partial charge in [-0.25, -0.2) is 0 Å². The van der Waals surface area contributed by atoms with Gasteiger partial charge in [0, 0.05) is 12.4 Å². The van der Waals surface area contributed by atoms with E-state index in [-0.39, 0.29) is 25.6 Å². The van der Waals surface area contributed by atoms with Gasteiger partial charge in [0.05, 0.1) is 13.0 Å². The maximum Gasteiger partial charge on any atom is 0.306 e. The Morgan fingerprint density at radius 1 is 1.54 bits per heavy atom. The molecule has 0 aliphatic carbocycles. The topological polar surface area (TPSA) is 55.8 Å². The van der Waals surface area contributed by atoms with Crippen molar-refractivity contribution in [3.63, 3.8) is 0 Å². The summed E-state index contributed by atoms with van der Waals surface area (Å²) in [5.41, 5.74) is 0. The van der Waals surface area contributed by atoms with Crippen LogP contribution in [-0.2, 0) is 14.3 Å². The van der Waals surface area contributed by atoms with E-state index in [1.165, 1.54) is 0 Å². The van der Waals surface area contributed by atoms with Crippen LogP contribution in [0.1, 0.15) is 13.3 Å².